The molecular formula is C20H20N2O2. The molecule has 0 heterocycles. The second kappa shape index (κ2) is 9.16. The van der Waals surface area contributed by atoms with Crippen LogP contribution in [0.3, 0.4) is 0 Å². The molecule has 122 valence electrons. The van der Waals surface area contributed by atoms with Crippen LogP contribution in [-0.2, 0) is 0 Å². The van der Waals surface area contributed by atoms with Crippen molar-refractivity contribution in [2.24, 2.45) is 0 Å². The molecule has 2 aromatic rings. The highest BCUT2D eigenvalue weighted by Gasteiger charge is 2.02. The number of rotatable bonds is 8. The first-order valence-electron chi connectivity index (χ1n) is 7.93. The Kier molecular flexibility index (Phi) is 6.60. The SMILES string of the molecule is CCCCOc1ccc(C(=O)C=CNc2cccc(C#N)c2)cc1. The zero-order chi connectivity index (χ0) is 17.2. The third kappa shape index (κ3) is 5.29. The Balaban J connectivity index is 1.90. The number of allylic oxidation sites excluding steroid dienone is 1. The molecule has 2 aromatic carbocycles. The van der Waals surface area contributed by atoms with E-state index < -0.39 is 0 Å². The fourth-order valence-corrected chi connectivity index (χ4v) is 2.04. The molecule has 0 aliphatic carbocycles. The molecule has 0 amide bonds. The lowest BCUT2D eigenvalue weighted by atomic mass is 10.1. The molecule has 4 heteroatoms. The highest BCUT2D eigenvalue weighted by Crippen LogP contribution is 2.14. The minimum Gasteiger partial charge on any atom is -0.494 e. The van der Waals surface area contributed by atoms with Gasteiger partial charge in [0.05, 0.1) is 18.2 Å². The summed E-state index contributed by atoms with van der Waals surface area (Å²) in [5, 5.41) is 11.8. The molecule has 0 atom stereocenters. The highest BCUT2D eigenvalue weighted by molar-refractivity contribution is 6.04. The molecule has 0 radical (unpaired) electrons. The van der Waals surface area contributed by atoms with Crippen LogP contribution in [0.15, 0.2) is 60.8 Å². The number of carbonyl (C=O) groups excluding carboxylic acids is 1. The van der Waals surface area contributed by atoms with Crippen LogP contribution in [0.1, 0.15) is 35.7 Å². The third-order valence-corrected chi connectivity index (χ3v) is 3.38. The molecule has 0 unspecified atom stereocenters. The number of ketones is 1. The first-order valence-corrected chi connectivity index (χ1v) is 7.93. The summed E-state index contributed by atoms with van der Waals surface area (Å²) in [6, 6.07) is 16.3. The predicted octanol–water partition coefficient (Wildman–Crippen LogP) is 4.55. The normalized spacial score (nSPS) is 10.3. The van der Waals surface area contributed by atoms with Crippen LogP contribution in [0.5, 0.6) is 5.75 Å². The van der Waals surface area contributed by atoms with E-state index in [0.717, 1.165) is 24.3 Å². The molecular weight excluding hydrogens is 300 g/mol. The van der Waals surface area contributed by atoms with Crippen molar-refractivity contribution in [2.45, 2.75) is 19.8 Å². The van der Waals surface area contributed by atoms with Gasteiger partial charge in [-0.3, -0.25) is 4.79 Å². The van der Waals surface area contributed by atoms with Gasteiger partial charge in [0.1, 0.15) is 5.75 Å². The first kappa shape index (κ1) is 17.3. The van der Waals surface area contributed by atoms with E-state index in [4.69, 9.17) is 10.00 Å². The van der Waals surface area contributed by atoms with Crippen LogP contribution in [0.4, 0.5) is 5.69 Å². The van der Waals surface area contributed by atoms with Crippen LogP contribution in [-0.4, -0.2) is 12.4 Å². The molecule has 0 aromatic heterocycles. The molecule has 2 rings (SSSR count). The molecule has 0 aliphatic heterocycles. The lowest BCUT2D eigenvalue weighted by Crippen LogP contribution is -1.99. The molecule has 0 saturated heterocycles. The minimum atomic E-state index is -0.0981. The largest absolute Gasteiger partial charge is 0.494 e. The van der Waals surface area contributed by atoms with Crippen LogP contribution < -0.4 is 10.1 Å². The summed E-state index contributed by atoms with van der Waals surface area (Å²) in [4.78, 5) is 12.1. The fraction of sp³-hybridized carbons (Fsp3) is 0.200. The number of ether oxygens (including phenoxy) is 1. The van der Waals surface area contributed by atoms with Crippen LogP contribution in [0, 0.1) is 11.3 Å². The number of anilines is 1. The zero-order valence-corrected chi connectivity index (χ0v) is 13.7. The molecule has 0 fully saturated rings. The van der Waals surface area contributed by atoms with E-state index in [1.165, 1.54) is 6.08 Å². The van der Waals surface area contributed by atoms with E-state index in [1.54, 1.807) is 48.7 Å². The van der Waals surface area contributed by atoms with Crippen molar-refractivity contribution in [3.05, 3.63) is 71.9 Å². The molecule has 0 aliphatic rings. The summed E-state index contributed by atoms with van der Waals surface area (Å²) in [5.74, 6) is 0.675. The Labute approximate surface area is 142 Å². The lowest BCUT2D eigenvalue weighted by Gasteiger charge is -2.05. The average molecular weight is 320 g/mol. The topological polar surface area (TPSA) is 62.1 Å². The summed E-state index contributed by atoms with van der Waals surface area (Å²) in [7, 11) is 0. The molecule has 1 N–H and O–H groups in total. The number of hydrogen-bond acceptors (Lipinski definition) is 4. The van der Waals surface area contributed by atoms with Crippen LogP contribution in [0.2, 0.25) is 0 Å². The molecule has 4 nitrogen and oxygen atoms in total. The van der Waals surface area contributed by atoms with Gasteiger partial charge in [-0.2, -0.15) is 5.26 Å². The summed E-state index contributed by atoms with van der Waals surface area (Å²) in [6.07, 6.45) is 5.14. The van der Waals surface area contributed by atoms with Gasteiger partial charge in [-0.25, -0.2) is 0 Å². The Morgan fingerprint density at radius 3 is 2.75 bits per heavy atom. The van der Waals surface area contributed by atoms with Crippen molar-refractivity contribution in [2.75, 3.05) is 11.9 Å². The number of benzene rings is 2. The average Bonchev–Trinajstić information content (AvgIpc) is 2.62. The van der Waals surface area contributed by atoms with Gasteiger partial charge in [0, 0.05) is 23.5 Å². The van der Waals surface area contributed by atoms with Gasteiger partial charge in [0.15, 0.2) is 5.78 Å². The molecule has 24 heavy (non-hydrogen) atoms. The summed E-state index contributed by atoms with van der Waals surface area (Å²) >= 11 is 0. The first-order chi connectivity index (χ1) is 11.7. The number of nitriles is 1. The van der Waals surface area contributed by atoms with Gasteiger partial charge in [-0.1, -0.05) is 19.4 Å². The van der Waals surface area contributed by atoms with Gasteiger partial charge in [-0.15, -0.1) is 0 Å². The Morgan fingerprint density at radius 2 is 2.04 bits per heavy atom. The van der Waals surface area contributed by atoms with E-state index in [0.29, 0.717) is 17.7 Å². The molecule has 0 spiro atoms. The molecule has 0 bridgehead atoms. The maximum Gasteiger partial charge on any atom is 0.187 e. The van der Waals surface area contributed by atoms with E-state index in [-0.39, 0.29) is 5.78 Å². The maximum atomic E-state index is 12.1. The third-order valence-electron chi connectivity index (χ3n) is 3.38. The highest BCUT2D eigenvalue weighted by atomic mass is 16.5. The van der Waals surface area contributed by atoms with Gasteiger partial charge >= 0.3 is 0 Å². The van der Waals surface area contributed by atoms with Crippen LogP contribution >= 0.6 is 0 Å². The van der Waals surface area contributed by atoms with Gasteiger partial charge in [0.25, 0.3) is 0 Å². The standard InChI is InChI=1S/C20H20N2O2/c1-2-3-13-24-19-9-7-17(8-10-19)20(23)11-12-22-18-6-4-5-16(14-18)15-21/h4-12,14,22H,2-3,13H2,1H3. The summed E-state index contributed by atoms with van der Waals surface area (Å²) < 4.78 is 5.57. The van der Waals surface area contributed by atoms with Crippen molar-refractivity contribution < 1.29 is 9.53 Å². The lowest BCUT2D eigenvalue weighted by molar-refractivity contribution is 0.104. The van der Waals surface area contributed by atoms with E-state index in [2.05, 4.69) is 18.3 Å². The van der Waals surface area contributed by atoms with Gasteiger partial charge in [0.2, 0.25) is 0 Å². The number of nitrogens with one attached hydrogen (secondary N) is 1. The summed E-state index contributed by atoms with van der Waals surface area (Å²) in [5.41, 5.74) is 1.93. The number of hydrogen-bond donors (Lipinski definition) is 1. The number of carbonyl (C=O) groups is 1. The van der Waals surface area contributed by atoms with Crippen molar-refractivity contribution in [3.63, 3.8) is 0 Å². The van der Waals surface area contributed by atoms with E-state index in [1.807, 2.05) is 6.07 Å². The van der Waals surface area contributed by atoms with Crippen molar-refractivity contribution in [1.82, 2.24) is 0 Å². The molecule has 0 saturated carbocycles. The quantitative estimate of drug-likeness (QED) is 0.440. The second-order valence-corrected chi connectivity index (χ2v) is 5.26. The van der Waals surface area contributed by atoms with Gasteiger partial charge in [-0.05, 0) is 48.9 Å². The predicted molar refractivity (Wildman–Crippen MR) is 95.1 cm³/mol. The Bertz CT molecular complexity index is 743. The van der Waals surface area contributed by atoms with Crippen molar-refractivity contribution in [3.8, 4) is 11.8 Å². The Hall–Kier alpha value is -3.06. The van der Waals surface area contributed by atoms with Gasteiger partial charge < -0.3 is 10.1 Å². The van der Waals surface area contributed by atoms with Crippen LogP contribution in [0.25, 0.3) is 0 Å². The summed E-state index contributed by atoms with van der Waals surface area (Å²) in [6.45, 7) is 2.80. The van der Waals surface area contributed by atoms with E-state index >= 15 is 0 Å². The number of nitrogens with zero attached hydrogens (tertiary/aromatic N) is 1. The second-order valence-electron chi connectivity index (χ2n) is 5.26. The van der Waals surface area contributed by atoms with Crippen molar-refractivity contribution >= 4 is 11.5 Å². The minimum absolute atomic E-state index is 0.0981. The fourth-order valence-electron chi connectivity index (χ4n) is 2.04. The van der Waals surface area contributed by atoms with E-state index in [9.17, 15) is 4.79 Å². The Morgan fingerprint density at radius 1 is 1.25 bits per heavy atom. The smallest absolute Gasteiger partial charge is 0.187 e. The zero-order valence-electron chi connectivity index (χ0n) is 13.7. The van der Waals surface area contributed by atoms with Crippen molar-refractivity contribution in [1.29, 1.82) is 5.26 Å². The monoisotopic (exact) mass is 320 g/mol. The maximum absolute atomic E-state index is 12.1. The number of unbranched alkanes of at least 4 members (excludes halogenated alkanes) is 1.